The van der Waals surface area contributed by atoms with Crippen LogP contribution in [0.3, 0.4) is 0 Å². The lowest BCUT2D eigenvalue weighted by atomic mass is 9.96. The van der Waals surface area contributed by atoms with Crippen molar-refractivity contribution in [2.45, 2.75) is 19.9 Å². The minimum atomic E-state index is -0.620. The zero-order valence-corrected chi connectivity index (χ0v) is 8.81. The molecule has 0 N–H and O–H groups in total. The third-order valence-corrected chi connectivity index (χ3v) is 2.15. The lowest BCUT2D eigenvalue weighted by molar-refractivity contribution is 0.0942. The summed E-state index contributed by atoms with van der Waals surface area (Å²) in [6.07, 6.45) is 1.45. The molecule has 1 aromatic carbocycles. The lowest BCUT2D eigenvalue weighted by Gasteiger charge is -2.12. The maximum Gasteiger partial charge on any atom is 0.235 e. The first-order valence-corrected chi connectivity index (χ1v) is 4.83. The monoisotopic (exact) mass is 203 g/mol. The molecule has 0 aromatic heterocycles. The molecule has 0 aliphatic heterocycles. The highest BCUT2D eigenvalue weighted by molar-refractivity contribution is 6.00. The molecule has 0 heterocycles. The molecule has 0 aliphatic rings. The van der Waals surface area contributed by atoms with Gasteiger partial charge in [0.1, 0.15) is 6.04 Å². The molecule has 0 saturated heterocycles. The molecule has 0 bridgehead atoms. The third kappa shape index (κ3) is 2.86. The van der Waals surface area contributed by atoms with Crippen LogP contribution in [0.15, 0.2) is 35.3 Å². The van der Waals surface area contributed by atoms with Crippen molar-refractivity contribution in [1.29, 1.82) is 0 Å². The molecular weight excluding hydrogens is 190 g/mol. The van der Waals surface area contributed by atoms with E-state index in [0.717, 1.165) is 0 Å². The fraction of sp³-hybridized carbons (Fsp3) is 0.333. The van der Waals surface area contributed by atoms with Crippen LogP contribution in [0.5, 0.6) is 0 Å². The van der Waals surface area contributed by atoms with Gasteiger partial charge in [0.25, 0.3) is 0 Å². The van der Waals surface area contributed by atoms with E-state index in [-0.39, 0.29) is 11.7 Å². The van der Waals surface area contributed by atoms with Gasteiger partial charge in [0.2, 0.25) is 6.08 Å². The number of carbonyl (C=O) groups is 1. The highest BCUT2D eigenvalue weighted by Gasteiger charge is 2.22. The van der Waals surface area contributed by atoms with Crippen molar-refractivity contribution in [3.8, 4) is 0 Å². The van der Waals surface area contributed by atoms with Gasteiger partial charge in [0.15, 0.2) is 5.78 Å². The summed E-state index contributed by atoms with van der Waals surface area (Å²) < 4.78 is 0. The maximum atomic E-state index is 11.9. The molecule has 78 valence electrons. The van der Waals surface area contributed by atoms with E-state index >= 15 is 0 Å². The molecule has 3 heteroatoms. The molecule has 15 heavy (non-hydrogen) atoms. The number of Topliss-reactive ketones (excluding diaryl/α,β-unsaturated/α-hetero) is 1. The van der Waals surface area contributed by atoms with Crippen LogP contribution in [0.2, 0.25) is 0 Å². The summed E-state index contributed by atoms with van der Waals surface area (Å²) in [6.45, 7) is 3.71. The van der Waals surface area contributed by atoms with Crippen molar-refractivity contribution >= 4 is 11.9 Å². The van der Waals surface area contributed by atoms with Gasteiger partial charge in [-0.25, -0.2) is 4.79 Å². The van der Waals surface area contributed by atoms with E-state index in [9.17, 15) is 9.59 Å². The molecule has 1 aromatic rings. The van der Waals surface area contributed by atoms with E-state index in [4.69, 9.17) is 0 Å². The number of hydrogen-bond acceptors (Lipinski definition) is 3. The second kappa shape index (κ2) is 5.23. The SMILES string of the molecule is CC(C)[C@H](N=C=O)C(=O)c1ccccc1. The van der Waals surface area contributed by atoms with Gasteiger partial charge in [-0.1, -0.05) is 44.2 Å². The lowest BCUT2D eigenvalue weighted by Crippen LogP contribution is -2.24. The van der Waals surface area contributed by atoms with E-state index in [1.54, 1.807) is 24.3 Å². The van der Waals surface area contributed by atoms with Crippen molar-refractivity contribution in [3.05, 3.63) is 35.9 Å². The third-order valence-electron chi connectivity index (χ3n) is 2.15. The number of rotatable bonds is 4. The number of benzene rings is 1. The van der Waals surface area contributed by atoms with Crippen molar-refractivity contribution in [1.82, 2.24) is 0 Å². The Balaban J connectivity index is 2.96. The van der Waals surface area contributed by atoms with E-state index < -0.39 is 6.04 Å². The van der Waals surface area contributed by atoms with E-state index in [2.05, 4.69) is 4.99 Å². The number of ketones is 1. The van der Waals surface area contributed by atoms with E-state index in [0.29, 0.717) is 5.56 Å². The van der Waals surface area contributed by atoms with E-state index in [1.165, 1.54) is 6.08 Å². The summed E-state index contributed by atoms with van der Waals surface area (Å²) in [6, 6.07) is 8.23. The highest BCUT2D eigenvalue weighted by atomic mass is 16.1. The van der Waals surface area contributed by atoms with Crippen LogP contribution in [0.1, 0.15) is 24.2 Å². The molecular formula is C12H13NO2. The summed E-state index contributed by atoms with van der Waals surface area (Å²) in [5.74, 6) is -0.131. The predicted octanol–water partition coefficient (Wildman–Crippen LogP) is 2.23. The summed E-state index contributed by atoms with van der Waals surface area (Å²) >= 11 is 0. The van der Waals surface area contributed by atoms with Crippen molar-refractivity contribution in [2.24, 2.45) is 10.9 Å². The van der Waals surface area contributed by atoms with Gasteiger partial charge in [-0.3, -0.25) is 4.79 Å². The molecule has 3 nitrogen and oxygen atoms in total. The molecule has 1 atom stereocenters. The Labute approximate surface area is 88.8 Å². The Morgan fingerprint density at radius 2 is 1.87 bits per heavy atom. The van der Waals surface area contributed by atoms with Crippen LogP contribution in [0.4, 0.5) is 0 Å². The number of carbonyl (C=O) groups excluding carboxylic acids is 2. The number of isocyanates is 1. The van der Waals surface area contributed by atoms with Crippen LogP contribution >= 0.6 is 0 Å². The Morgan fingerprint density at radius 1 is 1.27 bits per heavy atom. The molecule has 0 saturated carbocycles. The van der Waals surface area contributed by atoms with Gasteiger partial charge >= 0.3 is 0 Å². The molecule has 0 amide bonds. The Kier molecular flexibility index (Phi) is 3.95. The van der Waals surface area contributed by atoms with E-state index in [1.807, 2.05) is 19.9 Å². The first kappa shape index (κ1) is 11.3. The highest BCUT2D eigenvalue weighted by Crippen LogP contribution is 2.13. The number of nitrogens with zero attached hydrogens (tertiary/aromatic N) is 1. The fourth-order valence-corrected chi connectivity index (χ4v) is 1.34. The summed E-state index contributed by atoms with van der Waals surface area (Å²) in [5, 5.41) is 0. The van der Waals surface area contributed by atoms with Gasteiger partial charge in [0, 0.05) is 5.56 Å². The summed E-state index contributed by atoms with van der Waals surface area (Å²) in [7, 11) is 0. The second-order valence-electron chi connectivity index (χ2n) is 3.64. The fourth-order valence-electron chi connectivity index (χ4n) is 1.34. The van der Waals surface area contributed by atoms with Gasteiger partial charge < -0.3 is 0 Å². The van der Waals surface area contributed by atoms with Crippen molar-refractivity contribution in [2.75, 3.05) is 0 Å². The number of hydrogen-bond donors (Lipinski definition) is 0. The molecule has 0 spiro atoms. The van der Waals surface area contributed by atoms with Crippen LogP contribution in [0.25, 0.3) is 0 Å². The largest absolute Gasteiger partial charge is 0.292 e. The zero-order valence-electron chi connectivity index (χ0n) is 8.81. The Morgan fingerprint density at radius 3 is 2.33 bits per heavy atom. The first-order valence-electron chi connectivity index (χ1n) is 4.83. The quantitative estimate of drug-likeness (QED) is 0.428. The molecule has 1 rings (SSSR count). The minimum absolute atomic E-state index is 0.000781. The second-order valence-corrected chi connectivity index (χ2v) is 3.64. The van der Waals surface area contributed by atoms with Crippen LogP contribution in [-0.4, -0.2) is 17.9 Å². The topological polar surface area (TPSA) is 46.5 Å². The number of aliphatic imine (C=N–C) groups is 1. The maximum absolute atomic E-state index is 11.9. The first-order chi connectivity index (χ1) is 7.16. The van der Waals surface area contributed by atoms with Gasteiger partial charge in [-0.15, -0.1) is 0 Å². The van der Waals surface area contributed by atoms with Crippen molar-refractivity contribution < 1.29 is 9.59 Å². The van der Waals surface area contributed by atoms with Crippen LogP contribution < -0.4 is 0 Å². The van der Waals surface area contributed by atoms with Gasteiger partial charge in [-0.05, 0) is 5.92 Å². The average Bonchev–Trinajstić information content (AvgIpc) is 2.26. The predicted molar refractivity (Wildman–Crippen MR) is 57.5 cm³/mol. The molecule has 0 fully saturated rings. The van der Waals surface area contributed by atoms with Crippen molar-refractivity contribution in [3.63, 3.8) is 0 Å². The summed E-state index contributed by atoms with van der Waals surface area (Å²) in [4.78, 5) is 25.7. The Hall–Kier alpha value is -1.73. The normalized spacial score (nSPS) is 11.9. The van der Waals surface area contributed by atoms with Crippen LogP contribution in [0, 0.1) is 5.92 Å². The van der Waals surface area contributed by atoms with Gasteiger partial charge in [-0.2, -0.15) is 4.99 Å². The average molecular weight is 203 g/mol. The minimum Gasteiger partial charge on any atom is -0.292 e. The smallest absolute Gasteiger partial charge is 0.235 e. The molecule has 0 unspecified atom stereocenters. The van der Waals surface area contributed by atoms with Gasteiger partial charge in [0.05, 0.1) is 0 Å². The zero-order chi connectivity index (χ0) is 11.3. The Bertz CT molecular complexity index is 378. The molecule has 0 aliphatic carbocycles. The molecule has 0 radical (unpaired) electrons. The van der Waals surface area contributed by atoms with Crippen LogP contribution in [-0.2, 0) is 4.79 Å². The standard InChI is InChI=1S/C12H13NO2/c1-9(2)11(13-8-14)12(15)10-6-4-3-5-7-10/h3-7,9,11H,1-2H3/t11-/m0/s1. The summed E-state index contributed by atoms with van der Waals surface area (Å²) in [5.41, 5.74) is 0.579.